The zero-order chi connectivity index (χ0) is 16.4. The summed E-state index contributed by atoms with van der Waals surface area (Å²) in [7, 11) is 0. The fraction of sp³-hybridized carbons (Fsp3) is 0.0667. The highest BCUT2D eigenvalue weighted by Gasteiger charge is 2.34. The van der Waals surface area contributed by atoms with E-state index in [1.54, 1.807) is 18.2 Å². The van der Waals surface area contributed by atoms with Crippen LogP contribution < -0.4 is 4.74 Å². The zero-order valence-electron chi connectivity index (χ0n) is 11.4. The Bertz CT molecular complexity index is 901. The third-order valence-corrected chi connectivity index (χ3v) is 2.96. The first kappa shape index (κ1) is 14.7. The van der Waals surface area contributed by atoms with Crippen LogP contribution >= 0.6 is 0 Å². The van der Waals surface area contributed by atoms with E-state index in [-0.39, 0.29) is 5.75 Å². The molecule has 0 unspecified atom stereocenters. The molecule has 0 fully saturated rings. The van der Waals surface area contributed by atoms with Crippen molar-refractivity contribution in [3.8, 4) is 17.6 Å². The normalized spacial score (nSPS) is 11.2. The van der Waals surface area contributed by atoms with Gasteiger partial charge < -0.3 is 4.74 Å². The van der Waals surface area contributed by atoms with Gasteiger partial charge in [-0.2, -0.15) is 18.4 Å². The van der Waals surface area contributed by atoms with E-state index >= 15 is 0 Å². The lowest BCUT2D eigenvalue weighted by Gasteiger charge is -2.09. The molecule has 114 valence electrons. The van der Waals surface area contributed by atoms with Crippen LogP contribution in [0.25, 0.3) is 10.9 Å². The Hall–Kier alpha value is -3.21. The van der Waals surface area contributed by atoms with Crippen LogP contribution in [0.1, 0.15) is 11.4 Å². The van der Waals surface area contributed by atoms with Crippen molar-refractivity contribution in [3.63, 3.8) is 0 Å². The Balaban J connectivity index is 1.98. The highest BCUT2D eigenvalue weighted by molar-refractivity contribution is 5.89. The minimum Gasteiger partial charge on any atom is -0.452 e. The Morgan fingerprint density at radius 3 is 2.43 bits per heavy atom. The molecule has 2 heterocycles. The quantitative estimate of drug-likeness (QED) is 0.720. The summed E-state index contributed by atoms with van der Waals surface area (Å²) in [5.74, 6) is -0.912. The lowest BCUT2D eigenvalue weighted by Crippen LogP contribution is -2.10. The van der Waals surface area contributed by atoms with Crippen LogP contribution in [-0.2, 0) is 6.18 Å². The monoisotopic (exact) mass is 316 g/mol. The van der Waals surface area contributed by atoms with Crippen LogP contribution in [0.2, 0.25) is 0 Å². The van der Waals surface area contributed by atoms with E-state index in [1.165, 1.54) is 12.3 Å². The fourth-order valence-corrected chi connectivity index (χ4v) is 1.97. The molecule has 0 aliphatic rings. The number of halogens is 3. The van der Waals surface area contributed by atoms with E-state index < -0.39 is 12.0 Å². The number of alkyl halides is 3. The number of benzene rings is 1. The van der Waals surface area contributed by atoms with Crippen LogP contribution in [0.15, 0.2) is 42.9 Å². The van der Waals surface area contributed by atoms with Gasteiger partial charge >= 0.3 is 6.18 Å². The lowest BCUT2D eigenvalue weighted by molar-refractivity contribution is -0.145. The summed E-state index contributed by atoms with van der Waals surface area (Å²) in [6.45, 7) is 0. The average Bonchev–Trinajstić information content (AvgIpc) is 2.55. The smallest absolute Gasteiger partial charge is 0.451 e. The van der Waals surface area contributed by atoms with E-state index in [0.717, 1.165) is 12.4 Å². The molecule has 3 aromatic rings. The summed E-state index contributed by atoms with van der Waals surface area (Å²) < 4.78 is 42.8. The van der Waals surface area contributed by atoms with Gasteiger partial charge in [0.1, 0.15) is 5.52 Å². The average molecular weight is 316 g/mol. The van der Waals surface area contributed by atoms with Gasteiger partial charge in [0.2, 0.25) is 5.82 Å². The van der Waals surface area contributed by atoms with Crippen molar-refractivity contribution in [3.05, 3.63) is 54.2 Å². The predicted molar refractivity (Wildman–Crippen MR) is 73.6 cm³/mol. The molecule has 5 nitrogen and oxygen atoms in total. The predicted octanol–water partition coefficient (Wildman–Crippen LogP) is 3.71. The highest BCUT2D eigenvalue weighted by Crippen LogP contribution is 2.31. The first-order valence-electron chi connectivity index (χ1n) is 6.34. The lowest BCUT2D eigenvalue weighted by atomic mass is 10.1. The van der Waals surface area contributed by atoms with Crippen molar-refractivity contribution in [2.75, 3.05) is 0 Å². The van der Waals surface area contributed by atoms with Crippen LogP contribution in [0.4, 0.5) is 13.2 Å². The number of rotatable bonds is 2. The number of aromatic nitrogens is 3. The number of hydrogen-bond donors (Lipinski definition) is 0. The van der Waals surface area contributed by atoms with Gasteiger partial charge in [0.25, 0.3) is 0 Å². The number of fused-ring (bicyclic) bond motifs is 1. The molecule has 0 amide bonds. The summed E-state index contributed by atoms with van der Waals surface area (Å²) in [4.78, 5) is 10.6. The standard InChI is InChI=1S/C15H7F3N4O/c16-15(17,18)14-21-7-10(8-22-14)23-12-4-3-9(6-19)11-2-1-5-20-13(11)12/h1-5,7-8H. The third-order valence-electron chi connectivity index (χ3n) is 2.96. The van der Waals surface area contributed by atoms with Gasteiger partial charge in [-0.3, -0.25) is 4.98 Å². The number of nitriles is 1. The molecule has 1 aromatic carbocycles. The molecular formula is C15H7F3N4O. The number of pyridine rings is 1. The molecule has 3 rings (SSSR count). The molecule has 0 saturated carbocycles. The Kier molecular flexibility index (Phi) is 3.54. The topological polar surface area (TPSA) is 71.7 Å². The Labute approximate surface area is 128 Å². The second kappa shape index (κ2) is 5.53. The molecular weight excluding hydrogens is 309 g/mol. The van der Waals surface area contributed by atoms with E-state index in [1.807, 2.05) is 6.07 Å². The van der Waals surface area contributed by atoms with E-state index in [0.29, 0.717) is 22.2 Å². The van der Waals surface area contributed by atoms with Crippen molar-refractivity contribution in [2.45, 2.75) is 6.18 Å². The molecule has 0 aliphatic carbocycles. The van der Waals surface area contributed by atoms with Gasteiger partial charge in [0.15, 0.2) is 11.5 Å². The molecule has 8 heteroatoms. The van der Waals surface area contributed by atoms with Gasteiger partial charge in [-0.25, -0.2) is 9.97 Å². The number of ether oxygens (including phenoxy) is 1. The molecule has 0 bridgehead atoms. The molecule has 0 saturated heterocycles. The van der Waals surface area contributed by atoms with Crippen molar-refractivity contribution in [2.24, 2.45) is 0 Å². The molecule has 0 radical (unpaired) electrons. The summed E-state index contributed by atoms with van der Waals surface area (Å²) in [5, 5.41) is 9.66. The molecule has 0 aliphatic heterocycles. The summed E-state index contributed by atoms with van der Waals surface area (Å²) >= 11 is 0. The van der Waals surface area contributed by atoms with Crippen molar-refractivity contribution >= 4 is 10.9 Å². The second-order valence-corrected chi connectivity index (χ2v) is 4.46. The molecule has 23 heavy (non-hydrogen) atoms. The van der Waals surface area contributed by atoms with Crippen molar-refractivity contribution in [1.29, 1.82) is 5.26 Å². The summed E-state index contributed by atoms with van der Waals surface area (Å²) in [5.41, 5.74) is 0.843. The maximum atomic E-state index is 12.4. The largest absolute Gasteiger partial charge is 0.452 e. The molecule has 0 N–H and O–H groups in total. The number of nitrogens with zero attached hydrogens (tertiary/aromatic N) is 4. The minimum atomic E-state index is -4.61. The minimum absolute atomic E-state index is 0.0367. The SMILES string of the molecule is N#Cc1ccc(Oc2cnc(C(F)(F)F)nc2)c2ncccc12. The van der Waals surface area contributed by atoms with E-state index in [4.69, 9.17) is 10.00 Å². The van der Waals surface area contributed by atoms with Crippen LogP contribution in [-0.4, -0.2) is 15.0 Å². The number of hydrogen-bond acceptors (Lipinski definition) is 5. The van der Waals surface area contributed by atoms with E-state index in [2.05, 4.69) is 15.0 Å². The molecule has 2 aromatic heterocycles. The van der Waals surface area contributed by atoms with Crippen molar-refractivity contribution < 1.29 is 17.9 Å². The maximum absolute atomic E-state index is 12.4. The van der Waals surface area contributed by atoms with Gasteiger partial charge in [-0.1, -0.05) is 0 Å². The Morgan fingerprint density at radius 2 is 1.78 bits per heavy atom. The fourth-order valence-electron chi connectivity index (χ4n) is 1.97. The highest BCUT2D eigenvalue weighted by atomic mass is 19.4. The third kappa shape index (κ3) is 2.89. The molecule has 0 atom stereocenters. The van der Waals surface area contributed by atoms with Gasteiger partial charge in [0, 0.05) is 11.6 Å². The van der Waals surface area contributed by atoms with Crippen LogP contribution in [0.5, 0.6) is 11.5 Å². The van der Waals surface area contributed by atoms with Crippen molar-refractivity contribution in [1.82, 2.24) is 15.0 Å². The molecule has 0 spiro atoms. The van der Waals surface area contributed by atoms with Gasteiger partial charge in [0.05, 0.1) is 24.0 Å². The maximum Gasteiger partial charge on any atom is 0.451 e. The second-order valence-electron chi connectivity index (χ2n) is 4.46. The first-order chi connectivity index (χ1) is 11.0. The first-order valence-corrected chi connectivity index (χ1v) is 6.34. The van der Waals surface area contributed by atoms with Crippen LogP contribution in [0.3, 0.4) is 0 Å². The van der Waals surface area contributed by atoms with Crippen LogP contribution in [0, 0.1) is 11.3 Å². The summed E-state index contributed by atoms with van der Waals surface area (Å²) in [6.07, 6.45) is -1.22. The van der Waals surface area contributed by atoms with E-state index in [9.17, 15) is 13.2 Å². The van der Waals surface area contributed by atoms with Gasteiger partial charge in [-0.05, 0) is 24.3 Å². The summed E-state index contributed by atoms with van der Waals surface area (Å²) in [6, 6.07) is 8.49. The van der Waals surface area contributed by atoms with Gasteiger partial charge in [-0.15, -0.1) is 0 Å². The Morgan fingerprint density at radius 1 is 1.04 bits per heavy atom. The zero-order valence-corrected chi connectivity index (χ0v) is 11.4.